The molecule has 0 aromatic carbocycles. The quantitative estimate of drug-likeness (QED) is 0.368. The SMILES string of the molecule is CC=CCCP. The molecule has 0 aliphatic heterocycles. The number of hydrogen-bond donors (Lipinski definition) is 0. The van der Waals surface area contributed by atoms with Crippen LogP contribution in [0.4, 0.5) is 0 Å². The zero-order valence-corrected chi connectivity index (χ0v) is 5.30. The highest BCUT2D eigenvalue weighted by Gasteiger charge is 1.64. The highest BCUT2D eigenvalue weighted by Crippen LogP contribution is 1.87. The summed E-state index contributed by atoms with van der Waals surface area (Å²) in [4.78, 5) is 0. The molecule has 0 bridgehead atoms. The molecule has 0 N–H and O–H groups in total. The van der Waals surface area contributed by atoms with E-state index in [2.05, 4.69) is 21.4 Å². The van der Waals surface area contributed by atoms with Crippen LogP contribution in [0.25, 0.3) is 0 Å². The van der Waals surface area contributed by atoms with Crippen LogP contribution in [0.5, 0.6) is 0 Å². The fourth-order valence-corrected chi connectivity index (χ4v) is 0.455. The normalized spacial score (nSPS) is 10.3. The van der Waals surface area contributed by atoms with Crippen LogP contribution in [0.1, 0.15) is 13.3 Å². The summed E-state index contributed by atoms with van der Waals surface area (Å²) >= 11 is 0. The molecule has 0 saturated heterocycles. The van der Waals surface area contributed by atoms with Gasteiger partial charge in [-0.15, -0.1) is 9.24 Å². The fraction of sp³-hybridized carbons (Fsp3) is 0.600. The van der Waals surface area contributed by atoms with Gasteiger partial charge in [0.05, 0.1) is 0 Å². The van der Waals surface area contributed by atoms with E-state index in [4.69, 9.17) is 0 Å². The molecule has 0 aromatic heterocycles. The summed E-state index contributed by atoms with van der Waals surface area (Å²) in [5.74, 6) is 0. The lowest BCUT2D eigenvalue weighted by molar-refractivity contribution is 1.24. The van der Waals surface area contributed by atoms with Crippen molar-refractivity contribution in [3.05, 3.63) is 12.2 Å². The second-order valence-corrected chi connectivity index (χ2v) is 1.72. The maximum atomic E-state index is 2.68. The molecule has 0 saturated carbocycles. The molecule has 0 aromatic rings. The first-order valence-corrected chi connectivity index (χ1v) is 3.04. The van der Waals surface area contributed by atoms with Crippen LogP contribution in [0, 0.1) is 0 Å². The summed E-state index contributed by atoms with van der Waals surface area (Å²) in [6.07, 6.45) is 6.61. The molecule has 0 nitrogen and oxygen atoms in total. The third-order valence-corrected chi connectivity index (χ3v) is 0.902. The summed E-state index contributed by atoms with van der Waals surface area (Å²) in [6, 6.07) is 0. The van der Waals surface area contributed by atoms with Gasteiger partial charge in [-0.3, -0.25) is 0 Å². The maximum Gasteiger partial charge on any atom is -0.0316 e. The van der Waals surface area contributed by atoms with Gasteiger partial charge in [-0.2, -0.15) is 0 Å². The standard InChI is InChI=1S/C5H11P/c1-2-3-4-5-6/h2-3H,4-6H2,1H3. The van der Waals surface area contributed by atoms with Crippen molar-refractivity contribution in [3.8, 4) is 0 Å². The Morgan fingerprint density at radius 2 is 2.33 bits per heavy atom. The lowest BCUT2D eigenvalue weighted by atomic mass is 10.4. The Labute approximate surface area is 41.8 Å². The molecule has 0 radical (unpaired) electrons. The Balaban J connectivity index is 2.66. The van der Waals surface area contributed by atoms with Crippen molar-refractivity contribution in [1.29, 1.82) is 0 Å². The Morgan fingerprint density at radius 1 is 1.67 bits per heavy atom. The molecular weight excluding hydrogens is 91.0 g/mol. The smallest absolute Gasteiger partial charge is 0.0316 e. The molecule has 0 amide bonds. The first kappa shape index (κ1) is 6.17. The Kier molecular flexibility index (Phi) is 5.32. The van der Waals surface area contributed by atoms with E-state index in [1.807, 2.05) is 6.92 Å². The molecule has 1 unspecified atom stereocenters. The van der Waals surface area contributed by atoms with Gasteiger partial charge in [0.1, 0.15) is 0 Å². The molecule has 0 heterocycles. The minimum absolute atomic E-state index is 1.18. The minimum Gasteiger partial charge on any atom is -0.137 e. The van der Waals surface area contributed by atoms with Crippen molar-refractivity contribution in [3.63, 3.8) is 0 Å². The van der Waals surface area contributed by atoms with Crippen LogP contribution in [0.15, 0.2) is 12.2 Å². The zero-order chi connectivity index (χ0) is 4.83. The van der Waals surface area contributed by atoms with Crippen LogP contribution >= 0.6 is 9.24 Å². The monoisotopic (exact) mass is 102 g/mol. The van der Waals surface area contributed by atoms with Crippen molar-refractivity contribution in [2.24, 2.45) is 0 Å². The molecule has 0 aliphatic carbocycles. The van der Waals surface area contributed by atoms with Crippen molar-refractivity contribution >= 4 is 9.24 Å². The summed E-state index contributed by atoms with van der Waals surface area (Å²) in [5.41, 5.74) is 0. The van der Waals surface area contributed by atoms with Gasteiger partial charge in [0.25, 0.3) is 0 Å². The molecule has 0 aliphatic rings. The van der Waals surface area contributed by atoms with Crippen molar-refractivity contribution in [1.82, 2.24) is 0 Å². The maximum absolute atomic E-state index is 2.68. The molecule has 1 atom stereocenters. The third kappa shape index (κ3) is 4.17. The van der Waals surface area contributed by atoms with Crippen LogP contribution in [-0.4, -0.2) is 6.16 Å². The summed E-state index contributed by atoms with van der Waals surface area (Å²) in [6.45, 7) is 2.04. The second-order valence-electron chi connectivity index (χ2n) is 1.15. The van der Waals surface area contributed by atoms with Gasteiger partial charge < -0.3 is 0 Å². The third-order valence-electron chi connectivity index (χ3n) is 0.569. The molecule has 0 spiro atoms. The van der Waals surface area contributed by atoms with Gasteiger partial charge in [-0.25, -0.2) is 0 Å². The van der Waals surface area contributed by atoms with Crippen LogP contribution < -0.4 is 0 Å². The minimum atomic E-state index is 1.18. The average Bonchev–Trinajstić information content (AvgIpc) is 1.61. The zero-order valence-electron chi connectivity index (χ0n) is 4.15. The first-order chi connectivity index (χ1) is 2.91. The van der Waals surface area contributed by atoms with Gasteiger partial charge in [0.2, 0.25) is 0 Å². The first-order valence-electron chi connectivity index (χ1n) is 2.23. The van der Waals surface area contributed by atoms with E-state index in [0.717, 1.165) is 0 Å². The average molecular weight is 102 g/mol. The van der Waals surface area contributed by atoms with E-state index < -0.39 is 0 Å². The van der Waals surface area contributed by atoms with Crippen molar-refractivity contribution in [2.75, 3.05) is 6.16 Å². The predicted molar refractivity (Wildman–Crippen MR) is 34.0 cm³/mol. The van der Waals surface area contributed by atoms with E-state index in [1.54, 1.807) is 0 Å². The Morgan fingerprint density at radius 3 is 2.50 bits per heavy atom. The number of rotatable bonds is 2. The molecular formula is C5H11P. The van der Waals surface area contributed by atoms with E-state index >= 15 is 0 Å². The van der Waals surface area contributed by atoms with Gasteiger partial charge in [-0.05, 0) is 19.5 Å². The fourth-order valence-electron chi connectivity index (χ4n) is 0.263. The summed E-state index contributed by atoms with van der Waals surface area (Å²) < 4.78 is 0. The van der Waals surface area contributed by atoms with Crippen LogP contribution in [0.2, 0.25) is 0 Å². The van der Waals surface area contributed by atoms with Gasteiger partial charge >= 0.3 is 0 Å². The summed E-state index contributed by atoms with van der Waals surface area (Å²) in [5, 5.41) is 0. The van der Waals surface area contributed by atoms with Gasteiger partial charge in [0, 0.05) is 0 Å². The number of hydrogen-bond acceptors (Lipinski definition) is 0. The van der Waals surface area contributed by atoms with Gasteiger partial charge in [-0.1, -0.05) is 12.2 Å². The lowest BCUT2D eigenvalue weighted by Gasteiger charge is -1.76. The van der Waals surface area contributed by atoms with Crippen molar-refractivity contribution < 1.29 is 0 Å². The largest absolute Gasteiger partial charge is 0.137 e. The van der Waals surface area contributed by atoms with E-state index in [1.165, 1.54) is 12.6 Å². The van der Waals surface area contributed by atoms with E-state index in [-0.39, 0.29) is 0 Å². The highest BCUT2D eigenvalue weighted by atomic mass is 31.0. The van der Waals surface area contributed by atoms with Crippen LogP contribution in [0.3, 0.4) is 0 Å². The topological polar surface area (TPSA) is 0 Å². The molecule has 36 valence electrons. The molecule has 1 heteroatoms. The lowest BCUT2D eigenvalue weighted by Crippen LogP contribution is -1.60. The highest BCUT2D eigenvalue weighted by molar-refractivity contribution is 7.16. The Hall–Kier alpha value is 0.170. The van der Waals surface area contributed by atoms with Gasteiger partial charge in [0.15, 0.2) is 0 Å². The van der Waals surface area contributed by atoms with E-state index in [0.29, 0.717) is 0 Å². The van der Waals surface area contributed by atoms with E-state index in [9.17, 15) is 0 Å². The summed E-state index contributed by atoms with van der Waals surface area (Å²) in [7, 11) is 2.68. The van der Waals surface area contributed by atoms with Crippen molar-refractivity contribution in [2.45, 2.75) is 13.3 Å². The molecule has 6 heavy (non-hydrogen) atoms. The predicted octanol–water partition coefficient (Wildman–Crippen LogP) is 1.83. The molecule has 0 fully saturated rings. The Bertz CT molecular complexity index is 39.2. The van der Waals surface area contributed by atoms with Crippen LogP contribution in [-0.2, 0) is 0 Å². The molecule has 0 rings (SSSR count). The second kappa shape index (κ2) is 5.17. The number of allylic oxidation sites excluding steroid dienone is 2.